The van der Waals surface area contributed by atoms with Crippen molar-refractivity contribution in [1.82, 2.24) is 5.43 Å². The SMILES string of the molecule is CCC1CCCC(C(NN)c2ccccc2OC(F)F)C1. The summed E-state index contributed by atoms with van der Waals surface area (Å²) in [5, 5.41) is 0. The molecular formula is C16H24F2N2O. The molecule has 3 atom stereocenters. The van der Waals surface area contributed by atoms with Crippen LogP contribution >= 0.6 is 0 Å². The monoisotopic (exact) mass is 298 g/mol. The topological polar surface area (TPSA) is 47.3 Å². The van der Waals surface area contributed by atoms with Gasteiger partial charge in [0, 0.05) is 5.56 Å². The van der Waals surface area contributed by atoms with Crippen molar-refractivity contribution >= 4 is 0 Å². The molecule has 0 aliphatic heterocycles. The van der Waals surface area contributed by atoms with E-state index in [9.17, 15) is 8.78 Å². The van der Waals surface area contributed by atoms with Gasteiger partial charge in [0.05, 0.1) is 6.04 Å². The molecule has 5 heteroatoms. The normalized spacial score (nSPS) is 24.0. The molecule has 0 radical (unpaired) electrons. The molecule has 118 valence electrons. The maximum absolute atomic E-state index is 12.6. The minimum Gasteiger partial charge on any atom is -0.434 e. The van der Waals surface area contributed by atoms with Crippen molar-refractivity contribution in [2.24, 2.45) is 17.7 Å². The third-order valence-corrected chi connectivity index (χ3v) is 4.52. The van der Waals surface area contributed by atoms with E-state index >= 15 is 0 Å². The number of nitrogens with one attached hydrogen (secondary N) is 1. The van der Waals surface area contributed by atoms with Crippen molar-refractivity contribution in [2.75, 3.05) is 0 Å². The molecule has 0 saturated heterocycles. The van der Waals surface area contributed by atoms with Crippen LogP contribution in [0.2, 0.25) is 0 Å². The minimum absolute atomic E-state index is 0.144. The van der Waals surface area contributed by atoms with Gasteiger partial charge in [-0.15, -0.1) is 0 Å². The van der Waals surface area contributed by atoms with Crippen molar-refractivity contribution in [2.45, 2.75) is 51.7 Å². The second-order valence-corrected chi connectivity index (χ2v) is 5.76. The maximum atomic E-state index is 12.6. The Morgan fingerprint density at radius 3 is 2.76 bits per heavy atom. The molecule has 0 aromatic heterocycles. The Labute approximate surface area is 124 Å². The summed E-state index contributed by atoms with van der Waals surface area (Å²) in [5.74, 6) is 7.00. The van der Waals surface area contributed by atoms with Crippen molar-refractivity contribution in [1.29, 1.82) is 0 Å². The first kappa shape index (κ1) is 16.2. The summed E-state index contributed by atoms with van der Waals surface area (Å²) in [6.45, 7) is -0.620. The lowest BCUT2D eigenvalue weighted by Crippen LogP contribution is -2.36. The standard InChI is InChI=1S/C16H24F2N2O/c1-2-11-6-5-7-12(10-11)15(20-19)13-8-3-4-9-14(13)21-16(17)18/h3-4,8-9,11-12,15-16,20H,2,5-7,10,19H2,1H3. The molecule has 0 amide bonds. The lowest BCUT2D eigenvalue weighted by atomic mass is 9.75. The van der Waals surface area contributed by atoms with Crippen molar-refractivity contribution in [3.8, 4) is 5.75 Å². The second kappa shape index (κ2) is 7.71. The Morgan fingerprint density at radius 2 is 2.10 bits per heavy atom. The highest BCUT2D eigenvalue weighted by Gasteiger charge is 2.30. The molecule has 1 fully saturated rings. The Kier molecular flexibility index (Phi) is 5.94. The minimum atomic E-state index is -2.82. The number of nitrogens with two attached hydrogens (primary N) is 1. The molecule has 1 aliphatic carbocycles. The van der Waals surface area contributed by atoms with E-state index < -0.39 is 6.61 Å². The highest BCUT2D eigenvalue weighted by molar-refractivity contribution is 5.36. The summed E-state index contributed by atoms with van der Waals surface area (Å²) >= 11 is 0. The van der Waals surface area contributed by atoms with Crippen LogP contribution in [0.3, 0.4) is 0 Å². The van der Waals surface area contributed by atoms with E-state index in [4.69, 9.17) is 5.84 Å². The van der Waals surface area contributed by atoms with Gasteiger partial charge in [-0.2, -0.15) is 8.78 Å². The quantitative estimate of drug-likeness (QED) is 0.616. The summed E-state index contributed by atoms with van der Waals surface area (Å²) in [6.07, 6.45) is 5.71. The maximum Gasteiger partial charge on any atom is 0.387 e. The number of benzene rings is 1. The second-order valence-electron chi connectivity index (χ2n) is 5.76. The van der Waals surface area contributed by atoms with E-state index in [0.29, 0.717) is 11.8 Å². The smallest absolute Gasteiger partial charge is 0.387 e. The molecule has 0 heterocycles. The van der Waals surface area contributed by atoms with Crippen molar-refractivity contribution in [3.05, 3.63) is 29.8 Å². The van der Waals surface area contributed by atoms with Crippen LogP contribution in [0, 0.1) is 11.8 Å². The number of hydrogen-bond donors (Lipinski definition) is 2. The van der Waals surface area contributed by atoms with Gasteiger partial charge in [-0.3, -0.25) is 11.3 Å². The van der Waals surface area contributed by atoms with E-state index in [2.05, 4.69) is 17.1 Å². The third-order valence-electron chi connectivity index (χ3n) is 4.52. The number of alkyl halides is 2. The summed E-state index contributed by atoms with van der Waals surface area (Å²) in [7, 11) is 0. The molecule has 2 rings (SSSR count). The molecule has 3 unspecified atom stereocenters. The van der Waals surface area contributed by atoms with Gasteiger partial charge in [0.2, 0.25) is 0 Å². The van der Waals surface area contributed by atoms with E-state index in [0.717, 1.165) is 24.8 Å². The average molecular weight is 298 g/mol. The first-order chi connectivity index (χ1) is 10.2. The molecular weight excluding hydrogens is 274 g/mol. The van der Waals surface area contributed by atoms with Crippen LogP contribution in [0.4, 0.5) is 8.78 Å². The Hall–Kier alpha value is -1.20. The summed E-state index contributed by atoms with van der Waals surface area (Å²) < 4.78 is 29.7. The lowest BCUT2D eigenvalue weighted by molar-refractivity contribution is -0.0510. The fourth-order valence-electron chi connectivity index (χ4n) is 3.43. The predicted octanol–water partition coefficient (Wildman–Crippen LogP) is 4.01. The summed E-state index contributed by atoms with van der Waals surface area (Å²) in [6, 6.07) is 6.78. The number of ether oxygens (including phenoxy) is 1. The van der Waals surface area contributed by atoms with Gasteiger partial charge >= 0.3 is 6.61 Å². The number of hydrogen-bond acceptors (Lipinski definition) is 3. The molecule has 1 aliphatic rings. The Balaban J connectivity index is 2.20. The number of halogens is 2. The predicted molar refractivity (Wildman–Crippen MR) is 78.9 cm³/mol. The van der Waals surface area contributed by atoms with Gasteiger partial charge in [-0.1, -0.05) is 44.4 Å². The molecule has 3 nitrogen and oxygen atoms in total. The number of para-hydroxylation sites is 1. The first-order valence-electron chi connectivity index (χ1n) is 7.65. The zero-order chi connectivity index (χ0) is 15.2. The van der Waals surface area contributed by atoms with Crippen LogP contribution in [0.5, 0.6) is 5.75 Å². The fourth-order valence-corrected chi connectivity index (χ4v) is 3.43. The van der Waals surface area contributed by atoms with Gasteiger partial charge < -0.3 is 4.74 Å². The summed E-state index contributed by atoms with van der Waals surface area (Å²) in [5.41, 5.74) is 3.55. The molecule has 3 N–H and O–H groups in total. The largest absolute Gasteiger partial charge is 0.434 e. The van der Waals surface area contributed by atoms with Crippen molar-refractivity contribution in [3.63, 3.8) is 0 Å². The highest BCUT2D eigenvalue weighted by Crippen LogP contribution is 2.40. The molecule has 21 heavy (non-hydrogen) atoms. The van der Waals surface area contributed by atoms with Crippen LogP contribution in [0.25, 0.3) is 0 Å². The van der Waals surface area contributed by atoms with Crippen LogP contribution in [-0.2, 0) is 0 Å². The van der Waals surface area contributed by atoms with Gasteiger partial charge in [0.25, 0.3) is 0 Å². The van der Waals surface area contributed by atoms with E-state index in [1.54, 1.807) is 12.1 Å². The van der Waals surface area contributed by atoms with E-state index in [1.807, 2.05) is 12.1 Å². The van der Waals surface area contributed by atoms with E-state index in [1.165, 1.54) is 12.8 Å². The average Bonchev–Trinajstić information content (AvgIpc) is 2.49. The molecule has 1 aromatic rings. The summed E-state index contributed by atoms with van der Waals surface area (Å²) in [4.78, 5) is 0. The lowest BCUT2D eigenvalue weighted by Gasteiger charge is -2.34. The molecule has 0 bridgehead atoms. The molecule has 0 spiro atoms. The fraction of sp³-hybridized carbons (Fsp3) is 0.625. The van der Waals surface area contributed by atoms with Gasteiger partial charge in [0.1, 0.15) is 5.75 Å². The Morgan fingerprint density at radius 1 is 1.33 bits per heavy atom. The van der Waals surface area contributed by atoms with Crippen LogP contribution < -0.4 is 16.0 Å². The highest BCUT2D eigenvalue weighted by atomic mass is 19.3. The zero-order valence-corrected chi connectivity index (χ0v) is 12.4. The third kappa shape index (κ3) is 4.14. The first-order valence-corrected chi connectivity index (χ1v) is 7.65. The van der Waals surface area contributed by atoms with Crippen LogP contribution in [-0.4, -0.2) is 6.61 Å². The van der Waals surface area contributed by atoms with Gasteiger partial charge in [0.15, 0.2) is 0 Å². The molecule has 1 saturated carbocycles. The number of rotatable bonds is 6. The van der Waals surface area contributed by atoms with Crippen LogP contribution in [0.1, 0.15) is 50.6 Å². The van der Waals surface area contributed by atoms with Crippen molar-refractivity contribution < 1.29 is 13.5 Å². The van der Waals surface area contributed by atoms with E-state index in [-0.39, 0.29) is 11.8 Å². The number of hydrazine groups is 1. The molecule has 1 aromatic carbocycles. The zero-order valence-electron chi connectivity index (χ0n) is 12.4. The van der Waals surface area contributed by atoms with Gasteiger partial charge in [-0.05, 0) is 30.7 Å². The Bertz CT molecular complexity index is 442. The van der Waals surface area contributed by atoms with Gasteiger partial charge in [-0.25, -0.2) is 0 Å². The van der Waals surface area contributed by atoms with Crippen LogP contribution in [0.15, 0.2) is 24.3 Å².